The molecule has 3 aromatic rings. The van der Waals surface area contributed by atoms with Crippen molar-refractivity contribution in [3.8, 4) is 0 Å². The van der Waals surface area contributed by atoms with Crippen molar-refractivity contribution < 1.29 is 0 Å². The molecule has 0 saturated heterocycles. The molecule has 0 nitrogen and oxygen atoms in total. The minimum atomic E-state index is -0.538. The molecule has 0 aromatic heterocycles. The van der Waals surface area contributed by atoms with Gasteiger partial charge in [0.05, 0.1) is 5.41 Å². The van der Waals surface area contributed by atoms with E-state index in [0.717, 1.165) is 5.03 Å². The molecule has 0 saturated carbocycles. The van der Waals surface area contributed by atoms with Gasteiger partial charge in [-0.25, -0.2) is 0 Å². The maximum absolute atomic E-state index is 6.65. The zero-order chi connectivity index (χ0) is 20.6. The highest BCUT2D eigenvalue weighted by molar-refractivity contribution is 6.31. The molecule has 1 aliphatic carbocycles. The van der Waals surface area contributed by atoms with Crippen LogP contribution in [0.1, 0.15) is 33.4 Å². The number of aryl methyl sites for hydroxylation is 3. The first-order valence-corrected chi connectivity index (χ1v) is 10.4. The van der Waals surface area contributed by atoms with E-state index in [0.29, 0.717) is 0 Å². The van der Waals surface area contributed by atoms with Crippen LogP contribution >= 0.6 is 11.6 Å². The Morgan fingerprint density at radius 3 is 1.41 bits per heavy atom. The molecule has 4 rings (SSSR count). The van der Waals surface area contributed by atoms with Gasteiger partial charge in [0.25, 0.3) is 0 Å². The molecule has 29 heavy (non-hydrogen) atoms. The van der Waals surface area contributed by atoms with Crippen molar-refractivity contribution in [2.24, 2.45) is 0 Å². The predicted octanol–water partition coefficient (Wildman–Crippen LogP) is 7.36. The SMILES string of the molecule is [CH2]C1(c2ccc(C)cc2)C=CC(Cl)=CC1(c1ccc(C)cc1)c1ccc(C)cc1. The second-order valence-corrected chi connectivity index (χ2v) is 8.68. The lowest BCUT2D eigenvalue weighted by molar-refractivity contribution is 0.453. The first kappa shape index (κ1) is 19.7. The first-order chi connectivity index (χ1) is 13.8. The predicted molar refractivity (Wildman–Crippen MR) is 124 cm³/mol. The largest absolute Gasteiger partial charge is 0.0847 e. The molecular weight excluding hydrogens is 372 g/mol. The van der Waals surface area contributed by atoms with Crippen LogP contribution in [0.2, 0.25) is 0 Å². The van der Waals surface area contributed by atoms with E-state index in [9.17, 15) is 0 Å². The third-order valence-electron chi connectivity index (χ3n) is 6.17. The standard InChI is InChI=1S/C28H26Cl/c1-20-5-11-23(12-6-20)27(4)18-17-26(29)19-28(27,24-13-7-21(2)8-14-24)25-15-9-22(3)10-16-25/h5-19H,4H2,1-3H3. The minimum absolute atomic E-state index is 0.518. The van der Waals surface area contributed by atoms with Gasteiger partial charge in [0, 0.05) is 10.4 Å². The van der Waals surface area contributed by atoms with E-state index in [1.807, 2.05) is 6.08 Å². The molecular formula is C28H26Cl. The third kappa shape index (κ3) is 3.26. The Hall–Kier alpha value is -2.57. The van der Waals surface area contributed by atoms with Gasteiger partial charge in [-0.05, 0) is 56.5 Å². The summed E-state index contributed by atoms with van der Waals surface area (Å²) in [5.74, 6) is 0. The Kier molecular flexibility index (Phi) is 5.00. The summed E-state index contributed by atoms with van der Waals surface area (Å²) >= 11 is 6.65. The van der Waals surface area contributed by atoms with Crippen molar-refractivity contribution in [2.75, 3.05) is 0 Å². The highest BCUT2D eigenvalue weighted by atomic mass is 35.5. The van der Waals surface area contributed by atoms with E-state index in [2.05, 4.69) is 106 Å². The number of allylic oxidation sites excluding steroid dienone is 4. The summed E-state index contributed by atoms with van der Waals surface area (Å²) in [4.78, 5) is 0. The summed E-state index contributed by atoms with van der Waals surface area (Å²) in [6.45, 7) is 11.2. The van der Waals surface area contributed by atoms with Gasteiger partial charge in [-0.1, -0.05) is 107 Å². The van der Waals surface area contributed by atoms with Crippen molar-refractivity contribution in [3.63, 3.8) is 0 Å². The molecule has 145 valence electrons. The maximum atomic E-state index is 6.65. The first-order valence-electron chi connectivity index (χ1n) is 9.99. The Labute approximate surface area is 179 Å². The molecule has 1 heteroatoms. The van der Waals surface area contributed by atoms with Gasteiger partial charge in [-0.2, -0.15) is 0 Å². The zero-order valence-corrected chi connectivity index (χ0v) is 18.0. The number of rotatable bonds is 3. The van der Waals surface area contributed by atoms with Crippen LogP contribution in [-0.2, 0) is 10.8 Å². The topological polar surface area (TPSA) is 0 Å². The molecule has 1 unspecified atom stereocenters. The van der Waals surface area contributed by atoms with E-state index in [4.69, 9.17) is 18.5 Å². The van der Waals surface area contributed by atoms with E-state index >= 15 is 0 Å². The smallest absolute Gasteiger partial charge is 0.0530 e. The van der Waals surface area contributed by atoms with E-state index in [-0.39, 0.29) is 0 Å². The molecule has 1 atom stereocenters. The van der Waals surface area contributed by atoms with Crippen LogP contribution in [0.5, 0.6) is 0 Å². The molecule has 1 aliphatic rings. The van der Waals surface area contributed by atoms with Gasteiger partial charge < -0.3 is 0 Å². The van der Waals surface area contributed by atoms with Gasteiger partial charge in [-0.15, -0.1) is 0 Å². The number of hydrogen-bond acceptors (Lipinski definition) is 0. The highest BCUT2D eigenvalue weighted by Gasteiger charge is 2.50. The van der Waals surface area contributed by atoms with Crippen molar-refractivity contribution in [1.82, 2.24) is 0 Å². The van der Waals surface area contributed by atoms with Crippen molar-refractivity contribution >= 4 is 11.6 Å². The lowest BCUT2D eigenvalue weighted by Gasteiger charge is -2.49. The van der Waals surface area contributed by atoms with E-state index in [1.54, 1.807) is 0 Å². The normalized spacial score (nSPS) is 20.4. The highest BCUT2D eigenvalue weighted by Crippen LogP contribution is 2.53. The fourth-order valence-corrected chi connectivity index (χ4v) is 4.62. The third-order valence-corrected chi connectivity index (χ3v) is 6.40. The Morgan fingerprint density at radius 2 is 1.00 bits per heavy atom. The summed E-state index contributed by atoms with van der Waals surface area (Å²) in [5, 5.41) is 0.734. The Morgan fingerprint density at radius 1 is 0.621 bits per heavy atom. The zero-order valence-electron chi connectivity index (χ0n) is 17.2. The quantitative estimate of drug-likeness (QED) is 0.433. The lowest BCUT2D eigenvalue weighted by atomic mass is 9.53. The number of benzene rings is 3. The molecule has 0 fully saturated rings. The maximum Gasteiger partial charge on any atom is 0.0530 e. The van der Waals surface area contributed by atoms with Crippen molar-refractivity contribution in [2.45, 2.75) is 31.6 Å². The molecule has 0 aliphatic heterocycles. The molecule has 3 aromatic carbocycles. The van der Waals surface area contributed by atoms with Crippen LogP contribution in [0.25, 0.3) is 0 Å². The molecule has 0 spiro atoms. The summed E-state index contributed by atoms with van der Waals surface area (Å²) < 4.78 is 0. The van der Waals surface area contributed by atoms with Crippen LogP contribution < -0.4 is 0 Å². The van der Waals surface area contributed by atoms with Crippen LogP contribution in [0.4, 0.5) is 0 Å². The van der Waals surface area contributed by atoms with Crippen LogP contribution in [-0.4, -0.2) is 0 Å². The monoisotopic (exact) mass is 397 g/mol. The summed E-state index contributed by atoms with van der Waals surface area (Å²) in [6, 6.07) is 26.2. The molecule has 0 bridgehead atoms. The summed E-state index contributed by atoms with van der Waals surface area (Å²) in [7, 11) is 0. The van der Waals surface area contributed by atoms with E-state index in [1.165, 1.54) is 33.4 Å². The van der Waals surface area contributed by atoms with Gasteiger partial charge >= 0.3 is 0 Å². The molecule has 0 amide bonds. The van der Waals surface area contributed by atoms with Gasteiger partial charge in [-0.3, -0.25) is 0 Å². The van der Waals surface area contributed by atoms with Crippen molar-refractivity contribution in [3.05, 3.63) is 136 Å². The summed E-state index contributed by atoms with van der Waals surface area (Å²) in [5.41, 5.74) is 6.19. The number of hydrogen-bond donors (Lipinski definition) is 0. The second kappa shape index (κ2) is 7.35. The second-order valence-electron chi connectivity index (χ2n) is 8.24. The Bertz CT molecular complexity index is 1020. The fraction of sp³-hybridized carbons (Fsp3) is 0.179. The number of halogens is 1. The summed E-state index contributed by atoms with van der Waals surface area (Å²) in [6.07, 6.45) is 6.32. The van der Waals surface area contributed by atoms with Crippen LogP contribution in [0.15, 0.2) is 96.1 Å². The lowest BCUT2D eigenvalue weighted by Crippen LogP contribution is -2.47. The van der Waals surface area contributed by atoms with Gasteiger partial charge in [0.1, 0.15) is 0 Å². The van der Waals surface area contributed by atoms with Crippen molar-refractivity contribution in [1.29, 1.82) is 0 Å². The van der Waals surface area contributed by atoms with E-state index < -0.39 is 10.8 Å². The molecule has 0 heterocycles. The average molecular weight is 398 g/mol. The molecule has 1 radical (unpaired) electrons. The minimum Gasteiger partial charge on any atom is -0.0847 e. The Balaban J connectivity index is 2.07. The van der Waals surface area contributed by atoms with Crippen LogP contribution in [0.3, 0.4) is 0 Å². The fourth-order valence-electron chi connectivity index (χ4n) is 4.39. The van der Waals surface area contributed by atoms with Crippen LogP contribution in [0, 0.1) is 27.7 Å². The van der Waals surface area contributed by atoms with Gasteiger partial charge in [0.15, 0.2) is 0 Å². The van der Waals surface area contributed by atoms with Gasteiger partial charge in [0.2, 0.25) is 0 Å². The average Bonchev–Trinajstić information content (AvgIpc) is 2.71. The molecule has 0 N–H and O–H groups in total.